The van der Waals surface area contributed by atoms with Crippen LogP contribution in [-0.4, -0.2) is 32.3 Å². The molecule has 0 saturated heterocycles. The number of hydrogen-bond donors (Lipinski definition) is 1. The number of aryl methyl sites for hydroxylation is 1. The van der Waals surface area contributed by atoms with Crippen molar-refractivity contribution in [3.8, 4) is 17.2 Å². The third-order valence-electron chi connectivity index (χ3n) is 3.66. The fourth-order valence-electron chi connectivity index (χ4n) is 2.37. The molecule has 1 N–H and O–H groups in total. The van der Waals surface area contributed by atoms with Gasteiger partial charge in [-0.05, 0) is 49.2 Å². The quantitative estimate of drug-likeness (QED) is 0.487. The molecule has 2 aromatic rings. The van der Waals surface area contributed by atoms with Crippen molar-refractivity contribution in [1.29, 1.82) is 0 Å². The predicted molar refractivity (Wildman–Crippen MR) is 103 cm³/mol. The Morgan fingerprint density at radius 3 is 2.61 bits per heavy atom. The predicted octanol–water partition coefficient (Wildman–Crippen LogP) is 4.20. The largest absolute Gasteiger partial charge is 0.491 e. The van der Waals surface area contributed by atoms with E-state index in [0.29, 0.717) is 25.3 Å². The van der Waals surface area contributed by atoms with E-state index in [2.05, 4.69) is 10.1 Å². The lowest BCUT2D eigenvalue weighted by molar-refractivity contribution is -0.116. The Balaban J connectivity index is 1.85. The topological polar surface area (TPSA) is 56.8 Å². The average Bonchev–Trinajstić information content (AvgIpc) is 2.66. The first-order valence-electron chi connectivity index (χ1n) is 8.85. The summed E-state index contributed by atoms with van der Waals surface area (Å²) in [6.45, 7) is 1.75. The van der Waals surface area contributed by atoms with E-state index in [1.807, 2.05) is 31.2 Å². The lowest BCUT2D eigenvalue weighted by atomic mass is 10.2. The third-order valence-corrected chi connectivity index (χ3v) is 3.66. The summed E-state index contributed by atoms with van der Waals surface area (Å²) in [4.78, 5) is 11.9. The molecular formula is C21H23F2NO4. The average molecular weight is 391 g/mol. The Bertz CT molecular complexity index is 809. The molecule has 0 heterocycles. The van der Waals surface area contributed by atoms with Crippen LogP contribution in [0, 0.1) is 6.92 Å². The van der Waals surface area contributed by atoms with E-state index in [0.717, 1.165) is 11.3 Å². The minimum absolute atomic E-state index is 0.0493. The second-order valence-electron chi connectivity index (χ2n) is 5.76. The number of benzene rings is 2. The lowest BCUT2D eigenvalue weighted by Crippen LogP contribution is -2.26. The Kier molecular flexibility index (Phi) is 8.27. The van der Waals surface area contributed by atoms with Gasteiger partial charge in [-0.1, -0.05) is 24.3 Å². The molecule has 0 atom stereocenters. The maximum atomic E-state index is 12.4. The second-order valence-corrected chi connectivity index (χ2v) is 5.76. The van der Waals surface area contributed by atoms with Gasteiger partial charge < -0.3 is 19.5 Å². The number of ether oxygens (including phenoxy) is 3. The fraction of sp³-hybridized carbons (Fsp3) is 0.286. The zero-order chi connectivity index (χ0) is 20.4. The molecule has 0 radical (unpaired) electrons. The van der Waals surface area contributed by atoms with Crippen molar-refractivity contribution < 1.29 is 27.8 Å². The first kappa shape index (κ1) is 21.2. The van der Waals surface area contributed by atoms with Crippen LogP contribution in [0.5, 0.6) is 17.2 Å². The van der Waals surface area contributed by atoms with Gasteiger partial charge in [-0.25, -0.2) is 0 Å². The minimum Gasteiger partial charge on any atom is -0.491 e. The normalized spacial score (nSPS) is 10.9. The molecule has 0 spiro atoms. The van der Waals surface area contributed by atoms with Crippen LogP contribution in [0.3, 0.4) is 0 Å². The van der Waals surface area contributed by atoms with Crippen molar-refractivity contribution in [2.24, 2.45) is 0 Å². The molecule has 0 unspecified atom stereocenters. The van der Waals surface area contributed by atoms with Crippen molar-refractivity contribution in [3.63, 3.8) is 0 Å². The first-order chi connectivity index (χ1) is 13.5. The summed E-state index contributed by atoms with van der Waals surface area (Å²) < 4.78 is 40.2. The molecule has 0 aliphatic carbocycles. The summed E-state index contributed by atoms with van der Waals surface area (Å²) in [5.41, 5.74) is 1.65. The number of nitrogens with one attached hydrogen (secondary N) is 1. The van der Waals surface area contributed by atoms with Gasteiger partial charge in [-0.2, -0.15) is 8.78 Å². The van der Waals surface area contributed by atoms with Gasteiger partial charge in [0.2, 0.25) is 5.91 Å². The van der Waals surface area contributed by atoms with Gasteiger partial charge in [0.1, 0.15) is 12.4 Å². The molecule has 0 aromatic heterocycles. The van der Waals surface area contributed by atoms with Crippen molar-refractivity contribution in [3.05, 3.63) is 59.7 Å². The number of hydrogen-bond acceptors (Lipinski definition) is 4. The van der Waals surface area contributed by atoms with E-state index in [4.69, 9.17) is 9.47 Å². The lowest BCUT2D eigenvalue weighted by Gasteiger charge is -2.11. The molecule has 5 nitrogen and oxygen atoms in total. The molecule has 0 bridgehead atoms. The summed E-state index contributed by atoms with van der Waals surface area (Å²) in [6.07, 6.45) is 2.92. The summed E-state index contributed by atoms with van der Waals surface area (Å²) >= 11 is 0. The van der Waals surface area contributed by atoms with Crippen molar-refractivity contribution in [2.45, 2.75) is 20.5 Å². The summed E-state index contributed by atoms with van der Waals surface area (Å²) in [7, 11) is 0. The van der Waals surface area contributed by atoms with E-state index < -0.39 is 6.61 Å². The number of amides is 1. The maximum absolute atomic E-state index is 12.4. The van der Waals surface area contributed by atoms with E-state index in [-0.39, 0.29) is 17.4 Å². The van der Waals surface area contributed by atoms with Gasteiger partial charge in [0.05, 0.1) is 13.2 Å². The molecule has 0 aliphatic rings. The standard InChI is InChI=1S/C21H23F2NO4/c1-3-26-19-14-16(8-10-18(19)28-21(22)23)9-11-20(25)24-12-13-27-17-7-5-4-6-15(17)2/h4-11,14,21H,3,12-13H2,1-2H3,(H,24,25). The molecule has 28 heavy (non-hydrogen) atoms. The smallest absolute Gasteiger partial charge is 0.387 e. The molecule has 0 saturated carbocycles. The number of alkyl halides is 2. The minimum atomic E-state index is -2.94. The van der Waals surface area contributed by atoms with Gasteiger partial charge in [0.25, 0.3) is 0 Å². The van der Waals surface area contributed by atoms with Crippen molar-refractivity contribution in [1.82, 2.24) is 5.32 Å². The molecular weight excluding hydrogens is 368 g/mol. The number of rotatable bonds is 10. The van der Waals surface area contributed by atoms with Crippen LogP contribution in [-0.2, 0) is 4.79 Å². The summed E-state index contributed by atoms with van der Waals surface area (Å²) in [5.74, 6) is 0.630. The highest BCUT2D eigenvalue weighted by molar-refractivity contribution is 5.91. The van der Waals surface area contributed by atoms with Crippen molar-refractivity contribution in [2.75, 3.05) is 19.8 Å². The van der Waals surface area contributed by atoms with E-state index >= 15 is 0 Å². The van der Waals surface area contributed by atoms with Crippen LogP contribution >= 0.6 is 0 Å². The number of halogens is 2. The Labute approximate surface area is 162 Å². The molecule has 2 rings (SSSR count). The van der Waals surface area contributed by atoms with Gasteiger partial charge in [-0.15, -0.1) is 0 Å². The zero-order valence-corrected chi connectivity index (χ0v) is 15.8. The highest BCUT2D eigenvalue weighted by atomic mass is 19.3. The number of carbonyl (C=O) groups is 1. The molecule has 0 fully saturated rings. The summed E-state index contributed by atoms with van der Waals surface area (Å²) in [5, 5.41) is 2.71. The fourth-order valence-corrected chi connectivity index (χ4v) is 2.37. The Morgan fingerprint density at radius 2 is 1.89 bits per heavy atom. The zero-order valence-electron chi connectivity index (χ0n) is 15.8. The molecule has 1 amide bonds. The molecule has 7 heteroatoms. The van der Waals surface area contributed by atoms with Crippen LogP contribution in [0.1, 0.15) is 18.1 Å². The second kappa shape index (κ2) is 10.9. The van der Waals surface area contributed by atoms with E-state index in [1.165, 1.54) is 18.2 Å². The Hall–Kier alpha value is -3.09. The van der Waals surface area contributed by atoms with Crippen LogP contribution in [0.2, 0.25) is 0 Å². The highest BCUT2D eigenvalue weighted by Gasteiger charge is 2.11. The van der Waals surface area contributed by atoms with Crippen LogP contribution in [0.25, 0.3) is 6.08 Å². The number of carbonyl (C=O) groups excluding carboxylic acids is 1. The third kappa shape index (κ3) is 6.90. The SMILES string of the molecule is CCOc1cc(C=CC(=O)NCCOc2ccccc2C)ccc1OC(F)F. The van der Waals surface area contributed by atoms with Crippen molar-refractivity contribution >= 4 is 12.0 Å². The monoisotopic (exact) mass is 391 g/mol. The van der Waals surface area contributed by atoms with Crippen LogP contribution in [0.15, 0.2) is 48.5 Å². The number of para-hydroxylation sites is 1. The van der Waals surface area contributed by atoms with E-state index in [9.17, 15) is 13.6 Å². The van der Waals surface area contributed by atoms with Crippen LogP contribution in [0.4, 0.5) is 8.78 Å². The van der Waals surface area contributed by atoms with E-state index in [1.54, 1.807) is 19.1 Å². The molecule has 0 aliphatic heterocycles. The summed E-state index contributed by atoms with van der Waals surface area (Å²) in [6, 6.07) is 12.1. The highest BCUT2D eigenvalue weighted by Crippen LogP contribution is 2.30. The van der Waals surface area contributed by atoms with Gasteiger partial charge in [-0.3, -0.25) is 4.79 Å². The van der Waals surface area contributed by atoms with Crippen LogP contribution < -0.4 is 19.5 Å². The van der Waals surface area contributed by atoms with Gasteiger partial charge in [0, 0.05) is 6.08 Å². The maximum Gasteiger partial charge on any atom is 0.387 e. The first-order valence-corrected chi connectivity index (χ1v) is 8.85. The molecule has 2 aromatic carbocycles. The van der Waals surface area contributed by atoms with Gasteiger partial charge in [0.15, 0.2) is 11.5 Å². The molecule has 150 valence electrons. The van der Waals surface area contributed by atoms with Gasteiger partial charge >= 0.3 is 6.61 Å². The Morgan fingerprint density at radius 1 is 1.11 bits per heavy atom.